The molecule has 5 nitrogen and oxygen atoms in total. The molecule has 0 bridgehead atoms. The molecule has 4 rings (SSSR count). The number of rotatable bonds is 3. The van der Waals surface area contributed by atoms with Crippen molar-refractivity contribution in [3.05, 3.63) is 77.8 Å². The Balaban J connectivity index is 1.78. The van der Waals surface area contributed by atoms with Crippen LogP contribution in [0, 0.1) is 0 Å². The lowest BCUT2D eigenvalue weighted by atomic mass is 10.0. The second-order valence-electron chi connectivity index (χ2n) is 5.77. The summed E-state index contributed by atoms with van der Waals surface area (Å²) in [6, 6.07) is 12.5. The number of esters is 1. The Bertz CT molecular complexity index is 864. The van der Waals surface area contributed by atoms with E-state index in [1.165, 1.54) is 7.11 Å². The Hall–Kier alpha value is -3.08. The minimum atomic E-state index is -0.529. The Morgan fingerprint density at radius 2 is 1.88 bits per heavy atom. The molecule has 2 aliphatic heterocycles. The maximum Gasteiger partial charge on any atom is 0.337 e. The molecule has 24 heavy (non-hydrogen) atoms. The molecule has 2 unspecified atom stereocenters. The van der Waals surface area contributed by atoms with E-state index in [0.717, 1.165) is 5.69 Å². The van der Waals surface area contributed by atoms with E-state index in [0.29, 0.717) is 11.1 Å². The molecule has 2 aromatic rings. The monoisotopic (exact) mass is 320 g/mol. The van der Waals surface area contributed by atoms with Crippen LogP contribution in [-0.2, 0) is 9.53 Å². The van der Waals surface area contributed by atoms with Crippen molar-refractivity contribution >= 4 is 17.8 Å². The fourth-order valence-corrected chi connectivity index (χ4v) is 3.33. The van der Waals surface area contributed by atoms with Crippen molar-refractivity contribution in [3.8, 4) is 0 Å². The van der Waals surface area contributed by atoms with Crippen molar-refractivity contribution < 1.29 is 14.3 Å². The van der Waals surface area contributed by atoms with Crippen LogP contribution in [-0.4, -0.2) is 34.4 Å². The van der Waals surface area contributed by atoms with Crippen molar-refractivity contribution in [2.24, 2.45) is 0 Å². The molecule has 2 atom stereocenters. The smallest absolute Gasteiger partial charge is 0.337 e. The summed E-state index contributed by atoms with van der Waals surface area (Å²) in [4.78, 5) is 27.1. The molecule has 0 radical (unpaired) electrons. The molecule has 1 aromatic heterocycles. The number of hydrogen-bond acceptors (Lipinski definition) is 4. The molecule has 120 valence electrons. The van der Waals surface area contributed by atoms with E-state index in [4.69, 9.17) is 4.74 Å². The van der Waals surface area contributed by atoms with Crippen LogP contribution in [0.4, 0.5) is 0 Å². The summed E-state index contributed by atoms with van der Waals surface area (Å²) in [7, 11) is 1.36. The van der Waals surface area contributed by atoms with Gasteiger partial charge >= 0.3 is 5.97 Å². The zero-order valence-corrected chi connectivity index (χ0v) is 13.1. The molecule has 0 aliphatic carbocycles. The highest BCUT2D eigenvalue weighted by atomic mass is 16.5. The van der Waals surface area contributed by atoms with Crippen molar-refractivity contribution in [3.63, 3.8) is 0 Å². The quantitative estimate of drug-likeness (QED) is 0.644. The van der Waals surface area contributed by atoms with E-state index in [9.17, 15) is 9.59 Å². The molecule has 0 N–H and O–H groups in total. The first-order valence-corrected chi connectivity index (χ1v) is 7.72. The van der Waals surface area contributed by atoms with Crippen LogP contribution in [0.3, 0.4) is 0 Å². The van der Waals surface area contributed by atoms with E-state index in [1.54, 1.807) is 18.2 Å². The Kier molecular flexibility index (Phi) is 3.34. The summed E-state index contributed by atoms with van der Waals surface area (Å²) >= 11 is 0. The lowest BCUT2D eigenvalue weighted by molar-refractivity contribution is -0.136. The topological polar surface area (TPSA) is 51.5 Å². The fourth-order valence-electron chi connectivity index (χ4n) is 3.33. The van der Waals surface area contributed by atoms with Gasteiger partial charge in [-0.2, -0.15) is 0 Å². The minimum Gasteiger partial charge on any atom is -0.466 e. The number of ketones is 1. The minimum absolute atomic E-state index is 0.0419. The van der Waals surface area contributed by atoms with Crippen LogP contribution >= 0.6 is 0 Å². The third-order valence-electron chi connectivity index (χ3n) is 4.46. The summed E-state index contributed by atoms with van der Waals surface area (Å²) in [5.74, 6) is -0.455. The van der Waals surface area contributed by atoms with Gasteiger partial charge in [-0.25, -0.2) is 4.79 Å². The standard InChI is InChI=1S/C19H16N2O3/c1-24-19(23)15-12-16(17(22)13-6-3-2-4-7-13)21-11-9-14-8-5-10-20(14)18(15)21/h2-12,16,18H,1H3. The zero-order chi connectivity index (χ0) is 16.7. The van der Waals surface area contributed by atoms with E-state index in [2.05, 4.69) is 0 Å². The summed E-state index contributed by atoms with van der Waals surface area (Å²) in [5.41, 5.74) is 2.09. The van der Waals surface area contributed by atoms with E-state index < -0.39 is 12.0 Å². The van der Waals surface area contributed by atoms with E-state index in [1.807, 2.05) is 58.3 Å². The summed E-state index contributed by atoms with van der Waals surface area (Å²) < 4.78 is 6.90. The Labute approximate surface area is 139 Å². The second-order valence-corrected chi connectivity index (χ2v) is 5.77. The maximum atomic E-state index is 12.9. The van der Waals surface area contributed by atoms with Crippen LogP contribution in [0.5, 0.6) is 0 Å². The summed E-state index contributed by atoms with van der Waals surface area (Å²) in [6.07, 6.45) is 7.08. The van der Waals surface area contributed by atoms with Crippen LogP contribution in [0.15, 0.2) is 66.5 Å². The summed E-state index contributed by atoms with van der Waals surface area (Å²) in [6.45, 7) is 0. The van der Waals surface area contributed by atoms with Gasteiger partial charge in [-0.3, -0.25) is 4.79 Å². The molecule has 0 spiro atoms. The highest BCUT2D eigenvalue weighted by molar-refractivity contribution is 6.04. The SMILES string of the molecule is COC(=O)C1=CC(C(=O)c2ccccc2)N2C=Cc3cccn3C12. The number of carbonyl (C=O) groups is 2. The average Bonchev–Trinajstić information content (AvgIpc) is 3.25. The van der Waals surface area contributed by atoms with Crippen LogP contribution in [0.25, 0.3) is 6.08 Å². The van der Waals surface area contributed by atoms with Crippen molar-refractivity contribution in [2.45, 2.75) is 12.2 Å². The second kappa shape index (κ2) is 5.53. The van der Waals surface area contributed by atoms with Crippen molar-refractivity contribution in [2.75, 3.05) is 7.11 Å². The van der Waals surface area contributed by atoms with Gasteiger partial charge in [-0.05, 0) is 24.3 Å². The largest absolute Gasteiger partial charge is 0.466 e. The van der Waals surface area contributed by atoms with Crippen LogP contribution < -0.4 is 0 Å². The molecule has 0 amide bonds. The van der Waals surface area contributed by atoms with Crippen LogP contribution in [0.1, 0.15) is 22.2 Å². The van der Waals surface area contributed by atoms with Gasteiger partial charge in [0.2, 0.25) is 0 Å². The fraction of sp³-hybridized carbons (Fsp3) is 0.158. The van der Waals surface area contributed by atoms with E-state index >= 15 is 0 Å². The van der Waals surface area contributed by atoms with Gasteiger partial charge in [0.05, 0.1) is 12.7 Å². The van der Waals surface area contributed by atoms with Gasteiger partial charge in [-0.15, -0.1) is 0 Å². The number of hydrogen-bond donors (Lipinski definition) is 0. The van der Waals surface area contributed by atoms with Gasteiger partial charge < -0.3 is 14.2 Å². The lowest BCUT2D eigenvalue weighted by Crippen LogP contribution is -2.38. The molecule has 0 fully saturated rings. The zero-order valence-electron chi connectivity index (χ0n) is 13.1. The molecular weight excluding hydrogens is 304 g/mol. The van der Waals surface area contributed by atoms with Gasteiger partial charge in [0.1, 0.15) is 12.2 Å². The first-order valence-electron chi connectivity index (χ1n) is 7.72. The predicted molar refractivity (Wildman–Crippen MR) is 89.0 cm³/mol. The number of carbonyl (C=O) groups excluding carboxylic acids is 2. The number of fused-ring (bicyclic) bond motifs is 3. The Morgan fingerprint density at radius 1 is 1.08 bits per heavy atom. The number of methoxy groups -OCH3 is 1. The van der Waals surface area contributed by atoms with Gasteiger partial charge in [0, 0.05) is 23.7 Å². The van der Waals surface area contributed by atoms with Crippen LogP contribution in [0.2, 0.25) is 0 Å². The third-order valence-corrected chi connectivity index (χ3v) is 4.46. The molecule has 1 aromatic carbocycles. The highest BCUT2D eigenvalue weighted by Crippen LogP contribution is 2.38. The number of benzene rings is 1. The molecule has 3 heterocycles. The molecule has 5 heteroatoms. The van der Waals surface area contributed by atoms with Gasteiger partial charge in [0.25, 0.3) is 0 Å². The summed E-state index contributed by atoms with van der Waals surface area (Å²) in [5, 5.41) is 0. The first-order chi connectivity index (χ1) is 11.7. The lowest BCUT2D eigenvalue weighted by Gasteiger charge is -2.34. The average molecular weight is 320 g/mol. The molecule has 0 saturated carbocycles. The third kappa shape index (κ3) is 2.09. The van der Waals surface area contributed by atoms with Gasteiger partial charge in [-0.1, -0.05) is 30.3 Å². The number of aromatic nitrogens is 1. The molecule has 2 aliphatic rings. The van der Waals surface area contributed by atoms with Crippen molar-refractivity contribution in [1.29, 1.82) is 0 Å². The first kappa shape index (κ1) is 14.5. The highest BCUT2D eigenvalue weighted by Gasteiger charge is 2.42. The molecule has 0 saturated heterocycles. The predicted octanol–water partition coefficient (Wildman–Crippen LogP) is 2.64. The van der Waals surface area contributed by atoms with Crippen molar-refractivity contribution in [1.82, 2.24) is 9.47 Å². The maximum absolute atomic E-state index is 12.9. The van der Waals surface area contributed by atoms with Gasteiger partial charge in [0.15, 0.2) is 5.78 Å². The molecular formula is C19H16N2O3. The Morgan fingerprint density at radius 3 is 2.62 bits per heavy atom. The normalized spacial score (nSPS) is 21.0. The number of nitrogens with zero attached hydrogens (tertiary/aromatic N) is 2. The van der Waals surface area contributed by atoms with E-state index in [-0.39, 0.29) is 11.9 Å². The number of ether oxygens (including phenoxy) is 1. The number of Topliss-reactive ketones (excluding diaryl/α,β-unsaturated/α-hetero) is 1.